The van der Waals surface area contributed by atoms with Crippen LogP contribution in [-0.2, 0) is 10.0 Å². The van der Waals surface area contributed by atoms with Crippen molar-refractivity contribution in [2.24, 2.45) is 0 Å². The lowest BCUT2D eigenvalue weighted by Crippen LogP contribution is -2.12. The molecule has 0 saturated heterocycles. The van der Waals surface area contributed by atoms with Gasteiger partial charge in [0.05, 0.1) is 0 Å². The molecule has 0 aliphatic heterocycles. The number of nitrogens with one attached hydrogen (secondary N) is 1. The maximum atomic E-state index is 12.0. The predicted octanol–water partition coefficient (Wildman–Crippen LogP) is 2.80. The summed E-state index contributed by atoms with van der Waals surface area (Å²) in [4.78, 5) is -0.136. The van der Waals surface area contributed by atoms with Crippen molar-refractivity contribution in [3.63, 3.8) is 0 Å². The maximum absolute atomic E-state index is 12.0. The first-order valence-corrected chi connectivity index (χ1v) is 7.61. The van der Waals surface area contributed by atoms with Crippen LogP contribution in [0.4, 0.5) is 5.69 Å². The van der Waals surface area contributed by atoms with Gasteiger partial charge in [0.1, 0.15) is 10.6 Å². The minimum Gasteiger partial charge on any atom is -0.507 e. The summed E-state index contributed by atoms with van der Waals surface area (Å²) in [5, 5.41) is 9.55. The smallest absolute Gasteiger partial charge is 0.265 e. The molecule has 0 aromatic heterocycles. The van der Waals surface area contributed by atoms with Gasteiger partial charge in [0.15, 0.2) is 0 Å². The number of benzene rings is 2. The summed E-state index contributed by atoms with van der Waals surface area (Å²) >= 11 is 2.13. The molecule has 0 radical (unpaired) electrons. The summed E-state index contributed by atoms with van der Waals surface area (Å²) in [5.41, 5.74) is 0.457. The third-order valence-electron chi connectivity index (χ3n) is 2.25. The molecule has 0 bridgehead atoms. The van der Waals surface area contributed by atoms with Crippen LogP contribution in [0.5, 0.6) is 5.75 Å². The van der Waals surface area contributed by atoms with Crippen LogP contribution in [0, 0.1) is 3.57 Å². The lowest BCUT2D eigenvalue weighted by molar-refractivity contribution is 0.459. The van der Waals surface area contributed by atoms with Gasteiger partial charge in [0, 0.05) is 9.26 Å². The summed E-state index contributed by atoms with van der Waals surface area (Å²) in [6.07, 6.45) is 0. The van der Waals surface area contributed by atoms with Crippen LogP contribution in [0.25, 0.3) is 0 Å². The molecule has 0 saturated carbocycles. The van der Waals surface area contributed by atoms with Crippen LogP contribution in [0.15, 0.2) is 53.4 Å². The molecule has 0 aliphatic carbocycles. The number of halogens is 1. The fraction of sp³-hybridized carbons (Fsp3) is 0. The van der Waals surface area contributed by atoms with Crippen LogP contribution >= 0.6 is 22.6 Å². The first kappa shape index (κ1) is 13.2. The van der Waals surface area contributed by atoms with Gasteiger partial charge in [-0.3, -0.25) is 4.72 Å². The summed E-state index contributed by atoms with van der Waals surface area (Å²) in [5.74, 6) is -0.268. The Kier molecular flexibility index (Phi) is 3.76. The fourth-order valence-electron chi connectivity index (χ4n) is 1.41. The highest BCUT2D eigenvalue weighted by Gasteiger charge is 2.17. The first-order chi connectivity index (χ1) is 8.49. The Hall–Kier alpha value is -1.28. The Morgan fingerprint density at radius 1 is 1.00 bits per heavy atom. The van der Waals surface area contributed by atoms with Crippen molar-refractivity contribution >= 4 is 38.3 Å². The molecule has 0 amide bonds. The van der Waals surface area contributed by atoms with Gasteiger partial charge in [-0.15, -0.1) is 0 Å². The Balaban J connectivity index is 2.33. The molecule has 0 fully saturated rings. The third-order valence-corrected chi connectivity index (χ3v) is 4.40. The zero-order valence-electron chi connectivity index (χ0n) is 9.17. The summed E-state index contributed by atoms with van der Waals surface area (Å²) < 4.78 is 27.5. The molecule has 2 aromatic rings. The van der Waals surface area contributed by atoms with Crippen LogP contribution in [0.2, 0.25) is 0 Å². The quantitative estimate of drug-likeness (QED) is 0.811. The van der Waals surface area contributed by atoms with E-state index >= 15 is 0 Å². The van der Waals surface area contributed by atoms with Gasteiger partial charge < -0.3 is 5.11 Å². The number of phenolic OH excluding ortho intramolecular Hbond substituents is 1. The van der Waals surface area contributed by atoms with Gasteiger partial charge in [-0.1, -0.05) is 12.1 Å². The maximum Gasteiger partial charge on any atom is 0.265 e. The summed E-state index contributed by atoms with van der Waals surface area (Å²) in [6, 6.07) is 12.7. The van der Waals surface area contributed by atoms with E-state index < -0.39 is 10.0 Å². The second kappa shape index (κ2) is 5.15. The van der Waals surface area contributed by atoms with E-state index in [0.717, 1.165) is 3.57 Å². The van der Waals surface area contributed by atoms with Crippen LogP contribution < -0.4 is 4.72 Å². The average molecular weight is 375 g/mol. The molecule has 0 unspecified atom stereocenters. The van der Waals surface area contributed by atoms with Gasteiger partial charge >= 0.3 is 0 Å². The fourth-order valence-corrected chi connectivity index (χ4v) is 2.93. The zero-order valence-corrected chi connectivity index (χ0v) is 12.1. The Labute approximate surface area is 119 Å². The summed E-state index contributed by atoms with van der Waals surface area (Å²) in [6.45, 7) is 0. The van der Waals surface area contributed by atoms with Crippen molar-refractivity contribution < 1.29 is 13.5 Å². The Bertz CT molecular complexity index is 653. The molecule has 94 valence electrons. The lowest BCUT2D eigenvalue weighted by Gasteiger charge is -2.09. The number of hydrogen-bond donors (Lipinski definition) is 2. The van der Waals surface area contributed by atoms with E-state index in [4.69, 9.17) is 0 Å². The molecular formula is C12H10INO3S. The molecule has 6 heteroatoms. The molecule has 0 heterocycles. The second-order valence-electron chi connectivity index (χ2n) is 3.58. The van der Waals surface area contributed by atoms with Crippen molar-refractivity contribution in [1.82, 2.24) is 0 Å². The highest BCUT2D eigenvalue weighted by atomic mass is 127. The van der Waals surface area contributed by atoms with E-state index in [-0.39, 0.29) is 10.6 Å². The monoisotopic (exact) mass is 375 g/mol. The van der Waals surface area contributed by atoms with E-state index in [1.807, 2.05) is 0 Å². The number of sulfonamides is 1. The van der Waals surface area contributed by atoms with Crippen molar-refractivity contribution in [1.29, 1.82) is 0 Å². The lowest BCUT2D eigenvalue weighted by atomic mass is 10.3. The van der Waals surface area contributed by atoms with Gasteiger partial charge in [0.25, 0.3) is 10.0 Å². The van der Waals surface area contributed by atoms with Crippen LogP contribution in [0.3, 0.4) is 0 Å². The van der Waals surface area contributed by atoms with Crippen molar-refractivity contribution in [3.8, 4) is 5.75 Å². The highest BCUT2D eigenvalue weighted by molar-refractivity contribution is 14.1. The molecule has 2 N–H and O–H groups in total. The molecule has 0 atom stereocenters. The average Bonchev–Trinajstić information content (AvgIpc) is 2.32. The molecular weight excluding hydrogens is 365 g/mol. The van der Waals surface area contributed by atoms with Crippen molar-refractivity contribution in [3.05, 3.63) is 52.1 Å². The molecule has 0 aliphatic rings. The van der Waals surface area contributed by atoms with Gasteiger partial charge in [-0.05, 0) is 59.0 Å². The van der Waals surface area contributed by atoms with Crippen LogP contribution in [-0.4, -0.2) is 13.5 Å². The Morgan fingerprint density at radius 2 is 1.61 bits per heavy atom. The Morgan fingerprint density at radius 3 is 2.22 bits per heavy atom. The van der Waals surface area contributed by atoms with Gasteiger partial charge in [-0.25, -0.2) is 8.42 Å². The molecule has 2 rings (SSSR count). The van der Waals surface area contributed by atoms with Gasteiger partial charge in [-0.2, -0.15) is 0 Å². The first-order valence-electron chi connectivity index (χ1n) is 5.05. The van der Waals surface area contributed by atoms with E-state index in [9.17, 15) is 13.5 Å². The topological polar surface area (TPSA) is 66.4 Å². The number of aromatic hydroxyl groups is 1. The molecule has 2 aromatic carbocycles. The number of anilines is 1. The van der Waals surface area contributed by atoms with E-state index in [1.165, 1.54) is 12.1 Å². The van der Waals surface area contributed by atoms with Gasteiger partial charge in [0.2, 0.25) is 0 Å². The third kappa shape index (κ3) is 2.94. The zero-order chi connectivity index (χ0) is 13.2. The van der Waals surface area contributed by atoms with Crippen molar-refractivity contribution in [2.75, 3.05) is 4.72 Å². The number of rotatable bonds is 3. The highest BCUT2D eigenvalue weighted by Crippen LogP contribution is 2.24. The van der Waals surface area contributed by atoms with E-state index in [2.05, 4.69) is 27.3 Å². The largest absolute Gasteiger partial charge is 0.507 e. The number of para-hydroxylation sites is 1. The summed E-state index contributed by atoms with van der Waals surface area (Å²) in [7, 11) is -3.76. The van der Waals surface area contributed by atoms with E-state index in [0.29, 0.717) is 5.69 Å². The van der Waals surface area contributed by atoms with E-state index in [1.54, 1.807) is 36.4 Å². The standard InChI is InChI=1S/C12H10INO3S/c13-9-5-7-10(8-6-9)14-18(16,17)12-4-2-1-3-11(12)15/h1-8,14-15H. The number of phenols is 1. The number of hydrogen-bond acceptors (Lipinski definition) is 3. The SMILES string of the molecule is O=S(=O)(Nc1ccc(I)cc1)c1ccccc1O. The molecule has 0 spiro atoms. The minimum atomic E-state index is -3.76. The van der Waals surface area contributed by atoms with Crippen LogP contribution in [0.1, 0.15) is 0 Å². The normalized spacial score (nSPS) is 11.2. The second-order valence-corrected chi connectivity index (χ2v) is 6.48. The minimum absolute atomic E-state index is 0.136. The molecule has 4 nitrogen and oxygen atoms in total. The predicted molar refractivity (Wildman–Crippen MR) is 78.1 cm³/mol. The van der Waals surface area contributed by atoms with Crippen molar-refractivity contribution in [2.45, 2.75) is 4.90 Å². The molecule has 18 heavy (non-hydrogen) atoms.